The first-order valence-corrected chi connectivity index (χ1v) is 4.28. The van der Waals surface area contributed by atoms with Crippen LogP contribution in [0.1, 0.15) is 6.92 Å². The van der Waals surface area contributed by atoms with E-state index in [0.717, 1.165) is 0 Å². The summed E-state index contributed by atoms with van der Waals surface area (Å²) >= 11 is 0. The maximum Gasteiger partial charge on any atom is 0.111 e. The highest BCUT2D eigenvalue weighted by Crippen LogP contribution is 2.20. The van der Waals surface area contributed by atoms with Crippen molar-refractivity contribution in [1.82, 2.24) is 0 Å². The van der Waals surface area contributed by atoms with E-state index in [1.54, 1.807) is 6.92 Å². The molecule has 1 aliphatic heterocycles. The first kappa shape index (κ1) is 11.2. The van der Waals surface area contributed by atoms with Crippen molar-refractivity contribution in [3.8, 4) is 0 Å². The molecule has 1 fully saturated rings. The van der Waals surface area contributed by atoms with E-state index in [4.69, 9.17) is 10.3 Å². The van der Waals surface area contributed by atoms with E-state index in [1.807, 2.05) is 0 Å². The van der Waals surface area contributed by atoms with Crippen molar-refractivity contribution < 1.29 is 20.1 Å². The highest BCUT2D eigenvalue weighted by Gasteiger charge is 2.41. The van der Waals surface area contributed by atoms with Crippen LogP contribution >= 0.6 is 0 Å². The molecule has 80 valence electrons. The number of rotatable bonds is 2. The molecule has 2 unspecified atom stereocenters. The summed E-state index contributed by atoms with van der Waals surface area (Å²) in [5.41, 5.74) is 8.08. The Morgan fingerprint density at radius 2 is 1.93 bits per heavy atom. The third kappa shape index (κ3) is 2.14. The van der Waals surface area contributed by atoms with E-state index < -0.39 is 30.5 Å². The number of nitrogens with zero attached hydrogens (tertiary/aromatic N) is 3. The summed E-state index contributed by atoms with van der Waals surface area (Å²) in [6.45, 7) is 1.51. The minimum Gasteiger partial charge on any atom is -0.388 e. The van der Waals surface area contributed by atoms with Crippen molar-refractivity contribution in [1.29, 1.82) is 0 Å². The number of aliphatic hydroxyl groups excluding tert-OH is 3. The quantitative estimate of drug-likeness (QED) is 0.308. The third-order valence-electron chi connectivity index (χ3n) is 2.28. The summed E-state index contributed by atoms with van der Waals surface area (Å²) in [4.78, 5) is 2.52. The minimum atomic E-state index is -1.27. The van der Waals surface area contributed by atoms with Gasteiger partial charge in [-0.3, -0.25) is 0 Å². The van der Waals surface area contributed by atoms with Crippen LogP contribution in [-0.4, -0.2) is 52.4 Å². The van der Waals surface area contributed by atoms with Gasteiger partial charge in [0.25, 0.3) is 0 Å². The Morgan fingerprint density at radius 1 is 1.29 bits per heavy atom. The lowest BCUT2D eigenvalue weighted by molar-refractivity contribution is -0.213. The first-order chi connectivity index (χ1) is 6.57. The summed E-state index contributed by atoms with van der Waals surface area (Å²) in [7, 11) is 0. The van der Waals surface area contributed by atoms with Crippen molar-refractivity contribution in [2.24, 2.45) is 5.11 Å². The van der Waals surface area contributed by atoms with Gasteiger partial charge in [0.15, 0.2) is 0 Å². The number of hydrogen-bond acceptors (Lipinski definition) is 5. The van der Waals surface area contributed by atoms with Gasteiger partial charge in [0, 0.05) is 4.91 Å². The van der Waals surface area contributed by atoms with E-state index in [0.29, 0.717) is 0 Å². The van der Waals surface area contributed by atoms with E-state index in [2.05, 4.69) is 10.0 Å². The first-order valence-electron chi connectivity index (χ1n) is 4.28. The van der Waals surface area contributed by atoms with Gasteiger partial charge in [0.2, 0.25) is 0 Å². The van der Waals surface area contributed by atoms with Crippen LogP contribution in [0.4, 0.5) is 0 Å². The van der Waals surface area contributed by atoms with Crippen LogP contribution in [0.15, 0.2) is 5.11 Å². The zero-order valence-electron chi connectivity index (χ0n) is 7.69. The van der Waals surface area contributed by atoms with Crippen molar-refractivity contribution in [3.05, 3.63) is 10.4 Å². The molecule has 0 aromatic heterocycles. The highest BCUT2D eigenvalue weighted by molar-refractivity contribution is 4.91. The summed E-state index contributed by atoms with van der Waals surface area (Å²) < 4.78 is 5.16. The van der Waals surface area contributed by atoms with Gasteiger partial charge in [0.1, 0.15) is 18.3 Å². The number of aliphatic hydroxyl groups is 3. The number of azide groups is 1. The lowest BCUT2D eigenvalue weighted by Crippen LogP contribution is -2.57. The molecule has 5 atom stereocenters. The van der Waals surface area contributed by atoms with Gasteiger partial charge in [-0.2, -0.15) is 0 Å². The highest BCUT2D eigenvalue weighted by atomic mass is 16.5. The van der Waals surface area contributed by atoms with E-state index >= 15 is 0 Å². The van der Waals surface area contributed by atoms with Gasteiger partial charge in [0.05, 0.1) is 18.8 Å². The van der Waals surface area contributed by atoms with Gasteiger partial charge in [-0.1, -0.05) is 5.11 Å². The fraction of sp³-hybridized carbons (Fsp3) is 1.00. The Balaban J connectivity index is 2.64. The molecule has 0 aromatic rings. The standard InChI is InChI=1S/C7H13N3O4/c1-3-5(11)7(13)6(12)4(14-3)2-9-10-8/h3-7,11-13H,2H2,1H3/t3?,4-,5-,6?,7+/m1/s1. The van der Waals surface area contributed by atoms with Crippen molar-refractivity contribution in [2.45, 2.75) is 37.4 Å². The zero-order valence-corrected chi connectivity index (χ0v) is 7.69. The molecule has 1 aliphatic rings. The summed E-state index contributed by atoms with van der Waals surface area (Å²) in [6.07, 6.45) is -4.97. The molecule has 0 radical (unpaired) electrons. The summed E-state index contributed by atoms with van der Waals surface area (Å²) in [5, 5.41) is 31.4. The summed E-state index contributed by atoms with van der Waals surface area (Å²) in [6, 6.07) is 0. The monoisotopic (exact) mass is 203 g/mol. The van der Waals surface area contributed by atoms with Crippen molar-refractivity contribution >= 4 is 0 Å². The zero-order chi connectivity index (χ0) is 10.7. The molecule has 7 heteroatoms. The van der Waals surface area contributed by atoms with Crippen molar-refractivity contribution in [3.63, 3.8) is 0 Å². The van der Waals surface area contributed by atoms with E-state index in [1.165, 1.54) is 0 Å². The predicted molar refractivity (Wildman–Crippen MR) is 46.4 cm³/mol. The molecule has 0 amide bonds. The van der Waals surface area contributed by atoms with Crippen LogP contribution in [0, 0.1) is 0 Å². The SMILES string of the molecule is CC1O[C@H](CN=[N+]=[N-])C(O)[C@@H](O)[C@@H]1O. The molecule has 0 aliphatic carbocycles. The maximum atomic E-state index is 9.43. The Hall–Kier alpha value is -0.850. The minimum absolute atomic E-state index is 0.0637. The van der Waals surface area contributed by atoms with Crippen LogP contribution in [0.2, 0.25) is 0 Å². The lowest BCUT2D eigenvalue weighted by atomic mass is 9.96. The van der Waals surface area contributed by atoms with Crippen molar-refractivity contribution in [2.75, 3.05) is 6.54 Å². The molecule has 0 saturated carbocycles. The Bertz CT molecular complexity index is 243. The Labute approximate surface area is 80.6 Å². The molecular weight excluding hydrogens is 190 g/mol. The molecule has 14 heavy (non-hydrogen) atoms. The molecular formula is C7H13N3O4. The van der Waals surface area contributed by atoms with Crippen LogP contribution in [0.25, 0.3) is 10.4 Å². The maximum absolute atomic E-state index is 9.43. The van der Waals surface area contributed by atoms with Crippen LogP contribution in [0.5, 0.6) is 0 Å². The average Bonchev–Trinajstić information content (AvgIpc) is 2.18. The van der Waals surface area contributed by atoms with Gasteiger partial charge in [-0.25, -0.2) is 0 Å². The Morgan fingerprint density at radius 3 is 2.50 bits per heavy atom. The molecule has 0 spiro atoms. The summed E-state index contributed by atoms with van der Waals surface area (Å²) in [5.74, 6) is 0. The molecule has 0 bridgehead atoms. The van der Waals surface area contributed by atoms with Crippen LogP contribution in [0.3, 0.4) is 0 Å². The third-order valence-corrected chi connectivity index (χ3v) is 2.28. The predicted octanol–water partition coefficient (Wildman–Crippen LogP) is -0.833. The molecule has 1 saturated heterocycles. The molecule has 0 aromatic carbocycles. The van der Waals surface area contributed by atoms with Gasteiger partial charge in [-0.05, 0) is 12.5 Å². The van der Waals surface area contributed by atoms with E-state index in [-0.39, 0.29) is 6.54 Å². The second-order valence-electron chi connectivity index (χ2n) is 3.26. The van der Waals surface area contributed by atoms with Gasteiger partial charge >= 0.3 is 0 Å². The largest absolute Gasteiger partial charge is 0.388 e. The number of ether oxygens (including phenoxy) is 1. The normalized spacial score (nSPS) is 43.0. The van der Waals surface area contributed by atoms with Gasteiger partial charge in [-0.15, -0.1) is 0 Å². The molecule has 7 nitrogen and oxygen atoms in total. The molecule has 1 rings (SSSR count). The fourth-order valence-electron chi connectivity index (χ4n) is 1.40. The lowest BCUT2D eigenvalue weighted by Gasteiger charge is -2.38. The second-order valence-corrected chi connectivity index (χ2v) is 3.26. The van der Waals surface area contributed by atoms with E-state index in [9.17, 15) is 15.3 Å². The van der Waals surface area contributed by atoms with Crippen LogP contribution < -0.4 is 0 Å². The average molecular weight is 203 g/mol. The smallest absolute Gasteiger partial charge is 0.111 e. The Kier molecular flexibility index (Phi) is 3.68. The topological polar surface area (TPSA) is 119 Å². The second kappa shape index (κ2) is 4.59. The van der Waals surface area contributed by atoms with Crippen LogP contribution in [-0.2, 0) is 4.74 Å². The molecule has 3 N–H and O–H groups in total. The molecule has 1 heterocycles. The number of hydrogen-bond donors (Lipinski definition) is 3. The fourth-order valence-corrected chi connectivity index (χ4v) is 1.40. The van der Waals surface area contributed by atoms with Gasteiger partial charge < -0.3 is 20.1 Å².